The Balaban J connectivity index is 1.97. The Morgan fingerprint density at radius 1 is 1.44 bits per heavy atom. The number of carbonyl (C=O) groups excluding carboxylic acids is 1. The van der Waals surface area contributed by atoms with Gasteiger partial charge in [-0.2, -0.15) is 18.3 Å². The van der Waals surface area contributed by atoms with Crippen LogP contribution in [0.3, 0.4) is 0 Å². The molecule has 96 valence electrons. The van der Waals surface area contributed by atoms with E-state index >= 15 is 0 Å². The van der Waals surface area contributed by atoms with Crippen LogP contribution in [-0.4, -0.2) is 25.9 Å². The first kappa shape index (κ1) is 12.5. The van der Waals surface area contributed by atoms with Gasteiger partial charge in [0.1, 0.15) is 6.54 Å². The molecule has 0 aliphatic heterocycles. The molecule has 0 fully saturated rings. The molecular weight excluding hydrogens is 271 g/mol. The first-order valence-electron chi connectivity index (χ1n) is 4.63. The molecule has 2 rings (SSSR count). The van der Waals surface area contributed by atoms with Crippen molar-refractivity contribution >= 4 is 22.4 Å². The number of hydrogen-bond donors (Lipinski definition) is 1. The summed E-state index contributed by atoms with van der Waals surface area (Å²) in [7, 11) is 0. The molecule has 1 amide bonds. The average molecular weight is 277 g/mol. The SMILES string of the molecule is O=C(Cn1cccn1)Nc1nnc(C(F)(F)F)s1. The summed E-state index contributed by atoms with van der Waals surface area (Å²) in [6, 6.07) is 1.62. The minimum atomic E-state index is -4.55. The molecule has 10 heteroatoms. The molecule has 0 atom stereocenters. The van der Waals surface area contributed by atoms with Crippen molar-refractivity contribution in [1.29, 1.82) is 0 Å². The van der Waals surface area contributed by atoms with Gasteiger partial charge in [-0.3, -0.25) is 14.8 Å². The zero-order valence-electron chi connectivity index (χ0n) is 8.68. The number of amides is 1. The smallest absolute Gasteiger partial charge is 0.299 e. The topological polar surface area (TPSA) is 72.7 Å². The highest BCUT2D eigenvalue weighted by atomic mass is 32.1. The number of hydrogen-bond acceptors (Lipinski definition) is 5. The van der Waals surface area contributed by atoms with E-state index in [9.17, 15) is 18.0 Å². The van der Waals surface area contributed by atoms with Gasteiger partial charge in [-0.05, 0) is 6.07 Å². The Hall–Kier alpha value is -1.97. The number of carbonyl (C=O) groups is 1. The van der Waals surface area contributed by atoms with Crippen molar-refractivity contribution in [2.45, 2.75) is 12.7 Å². The highest BCUT2D eigenvalue weighted by molar-refractivity contribution is 7.15. The van der Waals surface area contributed by atoms with Crippen LogP contribution in [0.25, 0.3) is 0 Å². The minimum absolute atomic E-state index is 0.103. The summed E-state index contributed by atoms with van der Waals surface area (Å²) >= 11 is 0.272. The van der Waals surface area contributed by atoms with Gasteiger partial charge in [-0.15, -0.1) is 10.2 Å². The molecule has 6 nitrogen and oxygen atoms in total. The monoisotopic (exact) mass is 277 g/mol. The highest BCUT2D eigenvalue weighted by Crippen LogP contribution is 2.32. The molecule has 0 saturated carbocycles. The zero-order chi connectivity index (χ0) is 13.2. The standard InChI is InChI=1S/C8H6F3N5OS/c9-8(10,11)6-14-15-7(18-6)13-5(17)4-16-3-1-2-12-16/h1-3H,4H2,(H,13,15,17). The van der Waals surface area contributed by atoms with Gasteiger partial charge in [-0.1, -0.05) is 11.3 Å². The van der Waals surface area contributed by atoms with Gasteiger partial charge in [0.05, 0.1) is 0 Å². The maximum atomic E-state index is 12.2. The maximum absolute atomic E-state index is 12.2. The molecule has 1 N–H and O–H groups in total. The van der Waals surface area contributed by atoms with Crippen molar-refractivity contribution in [3.63, 3.8) is 0 Å². The first-order valence-corrected chi connectivity index (χ1v) is 5.45. The molecular formula is C8H6F3N5OS. The molecule has 18 heavy (non-hydrogen) atoms. The summed E-state index contributed by atoms with van der Waals surface area (Å²) in [4.78, 5) is 11.4. The largest absolute Gasteiger partial charge is 0.445 e. The third-order valence-electron chi connectivity index (χ3n) is 1.78. The van der Waals surface area contributed by atoms with Gasteiger partial charge in [-0.25, -0.2) is 0 Å². The number of nitrogens with zero attached hydrogens (tertiary/aromatic N) is 4. The predicted octanol–water partition coefficient (Wildman–Crippen LogP) is 1.39. The highest BCUT2D eigenvalue weighted by Gasteiger charge is 2.35. The Kier molecular flexibility index (Phi) is 3.28. The molecule has 2 aromatic rings. The number of rotatable bonds is 3. The number of halogens is 3. The predicted molar refractivity (Wildman–Crippen MR) is 55.8 cm³/mol. The lowest BCUT2D eigenvalue weighted by atomic mass is 10.6. The lowest BCUT2D eigenvalue weighted by Gasteiger charge is -2.01. The molecule has 0 aromatic carbocycles. The van der Waals surface area contributed by atoms with E-state index in [-0.39, 0.29) is 23.0 Å². The second-order valence-electron chi connectivity index (χ2n) is 3.16. The van der Waals surface area contributed by atoms with E-state index in [4.69, 9.17) is 0 Å². The van der Waals surface area contributed by atoms with Gasteiger partial charge in [0.2, 0.25) is 16.0 Å². The number of alkyl halides is 3. The van der Waals surface area contributed by atoms with E-state index in [1.54, 1.807) is 12.3 Å². The second kappa shape index (κ2) is 4.72. The van der Waals surface area contributed by atoms with Crippen molar-refractivity contribution in [1.82, 2.24) is 20.0 Å². The van der Waals surface area contributed by atoms with Crippen LogP contribution in [0.15, 0.2) is 18.5 Å². The Morgan fingerprint density at radius 3 is 2.78 bits per heavy atom. The lowest BCUT2D eigenvalue weighted by Crippen LogP contribution is -2.18. The average Bonchev–Trinajstić information content (AvgIpc) is 2.87. The molecule has 0 spiro atoms. The van der Waals surface area contributed by atoms with E-state index < -0.39 is 17.1 Å². The fraction of sp³-hybridized carbons (Fsp3) is 0.250. The third kappa shape index (κ3) is 3.03. The van der Waals surface area contributed by atoms with Crippen molar-refractivity contribution < 1.29 is 18.0 Å². The van der Waals surface area contributed by atoms with Crippen LogP contribution < -0.4 is 5.32 Å². The number of nitrogens with one attached hydrogen (secondary N) is 1. The Morgan fingerprint density at radius 2 is 2.22 bits per heavy atom. The number of anilines is 1. The molecule has 0 saturated heterocycles. The summed E-state index contributed by atoms with van der Waals surface area (Å²) in [5, 5.41) is 10.9. The summed E-state index contributed by atoms with van der Waals surface area (Å²) < 4.78 is 38.0. The molecule has 0 unspecified atom stereocenters. The van der Waals surface area contributed by atoms with Crippen LogP contribution in [0.1, 0.15) is 5.01 Å². The molecule has 2 heterocycles. The van der Waals surface area contributed by atoms with Crippen LogP contribution >= 0.6 is 11.3 Å². The second-order valence-corrected chi connectivity index (χ2v) is 4.14. The summed E-state index contributed by atoms with van der Waals surface area (Å²) in [6.07, 6.45) is -1.51. The third-order valence-corrected chi connectivity index (χ3v) is 2.66. The molecule has 2 aromatic heterocycles. The van der Waals surface area contributed by atoms with E-state index in [0.29, 0.717) is 0 Å². The van der Waals surface area contributed by atoms with Gasteiger partial charge in [0, 0.05) is 12.4 Å². The fourth-order valence-electron chi connectivity index (χ4n) is 1.09. The van der Waals surface area contributed by atoms with Gasteiger partial charge >= 0.3 is 6.18 Å². The zero-order valence-corrected chi connectivity index (χ0v) is 9.49. The first-order chi connectivity index (χ1) is 8.45. The summed E-state index contributed by atoms with van der Waals surface area (Å²) in [5.41, 5.74) is 0. The van der Waals surface area contributed by atoms with Crippen molar-refractivity contribution in [3.8, 4) is 0 Å². The van der Waals surface area contributed by atoms with E-state index in [0.717, 1.165) is 0 Å². The molecule has 0 aliphatic carbocycles. The molecule has 0 radical (unpaired) electrons. The van der Waals surface area contributed by atoms with Crippen LogP contribution in [0.5, 0.6) is 0 Å². The van der Waals surface area contributed by atoms with Crippen molar-refractivity contribution in [3.05, 3.63) is 23.5 Å². The number of aromatic nitrogens is 4. The Labute approximate surface area is 102 Å². The van der Waals surface area contributed by atoms with Gasteiger partial charge < -0.3 is 0 Å². The van der Waals surface area contributed by atoms with E-state index in [1.165, 1.54) is 10.9 Å². The van der Waals surface area contributed by atoms with E-state index in [2.05, 4.69) is 20.6 Å². The summed E-state index contributed by atoms with van der Waals surface area (Å²) in [6.45, 7) is -0.103. The van der Waals surface area contributed by atoms with Crippen LogP contribution in [-0.2, 0) is 17.5 Å². The molecule has 0 aliphatic rings. The van der Waals surface area contributed by atoms with Crippen molar-refractivity contribution in [2.75, 3.05) is 5.32 Å². The normalized spacial score (nSPS) is 11.5. The quantitative estimate of drug-likeness (QED) is 0.920. The van der Waals surface area contributed by atoms with Gasteiger partial charge in [0.25, 0.3) is 0 Å². The van der Waals surface area contributed by atoms with E-state index in [1.807, 2.05) is 0 Å². The Bertz CT molecular complexity index is 535. The lowest BCUT2D eigenvalue weighted by molar-refractivity contribution is -0.138. The van der Waals surface area contributed by atoms with Crippen LogP contribution in [0, 0.1) is 0 Å². The van der Waals surface area contributed by atoms with Crippen LogP contribution in [0.2, 0.25) is 0 Å². The maximum Gasteiger partial charge on any atom is 0.445 e. The van der Waals surface area contributed by atoms with Crippen LogP contribution in [0.4, 0.5) is 18.3 Å². The minimum Gasteiger partial charge on any atom is -0.299 e. The fourth-order valence-corrected chi connectivity index (χ4v) is 1.72. The summed E-state index contributed by atoms with van der Waals surface area (Å²) in [5.74, 6) is -0.524. The molecule has 0 bridgehead atoms. The van der Waals surface area contributed by atoms with Gasteiger partial charge in [0.15, 0.2) is 0 Å². The van der Waals surface area contributed by atoms with Crippen molar-refractivity contribution in [2.24, 2.45) is 0 Å².